The molecule has 5 rings (SSSR count). The zero-order chi connectivity index (χ0) is 23.9. The first kappa shape index (κ1) is 21.9. The lowest BCUT2D eigenvalue weighted by atomic mass is 10.1. The van der Waals surface area contributed by atoms with E-state index in [1.54, 1.807) is 54.6 Å². The molecule has 0 bridgehead atoms. The molecule has 170 valence electrons. The van der Waals surface area contributed by atoms with E-state index in [9.17, 15) is 18.0 Å². The molecule has 1 heterocycles. The van der Waals surface area contributed by atoms with Crippen molar-refractivity contribution in [2.24, 2.45) is 0 Å². The molecule has 9 heteroatoms. The first-order chi connectivity index (χ1) is 16.4. The molecule has 0 unspecified atom stereocenters. The van der Waals surface area contributed by atoms with Crippen LogP contribution in [0.15, 0.2) is 99.0 Å². The minimum absolute atomic E-state index is 0.0814. The van der Waals surface area contributed by atoms with Crippen LogP contribution in [0.1, 0.15) is 10.4 Å². The summed E-state index contributed by atoms with van der Waals surface area (Å²) in [6.07, 6.45) is 0. The van der Waals surface area contributed by atoms with Gasteiger partial charge >= 0.3 is 4.94 Å². The molecule has 0 saturated heterocycles. The number of methoxy groups -OCH3 is 1. The third-order valence-electron chi connectivity index (χ3n) is 5.34. The maximum atomic E-state index is 13.9. The van der Waals surface area contributed by atoms with Crippen molar-refractivity contribution in [2.45, 2.75) is 4.90 Å². The van der Waals surface area contributed by atoms with E-state index in [-0.39, 0.29) is 16.1 Å². The molecule has 0 saturated carbocycles. The summed E-state index contributed by atoms with van der Waals surface area (Å²) in [5, 5.41) is 0.988. The van der Waals surface area contributed by atoms with Gasteiger partial charge in [-0.3, -0.25) is 4.79 Å². The minimum atomic E-state index is -4.36. The fraction of sp³-hybridized carbons (Fsp3) is 0.0400. The van der Waals surface area contributed by atoms with Gasteiger partial charge in [0.15, 0.2) is 5.58 Å². The van der Waals surface area contributed by atoms with E-state index in [4.69, 9.17) is 9.15 Å². The molecule has 0 N–H and O–H groups in total. The van der Waals surface area contributed by atoms with Gasteiger partial charge in [0.2, 0.25) is 0 Å². The minimum Gasteiger partial charge on any atom is -0.497 e. The lowest BCUT2D eigenvalue weighted by molar-refractivity contribution is 0.101. The highest BCUT2D eigenvalue weighted by atomic mass is 32.2. The molecule has 1 amide bonds. The van der Waals surface area contributed by atoms with Crippen LogP contribution >= 0.6 is 11.3 Å². The second-order valence-corrected chi connectivity index (χ2v) is 10.1. The largest absolute Gasteiger partial charge is 0.497 e. The summed E-state index contributed by atoms with van der Waals surface area (Å²) in [4.78, 5) is 25.1. The van der Waals surface area contributed by atoms with Gasteiger partial charge in [0, 0.05) is 16.3 Å². The van der Waals surface area contributed by atoms with Crippen LogP contribution in [0.4, 0.5) is 5.69 Å². The third kappa shape index (κ3) is 3.64. The van der Waals surface area contributed by atoms with Crippen molar-refractivity contribution in [3.05, 3.63) is 100 Å². The third-order valence-corrected chi connectivity index (χ3v) is 7.82. The van der Waals surface area contributed by atoms with Crippen LogP contribution in [0.2, 0.25) is 0 Å². The summed E-state index contributed by atoms with van der Waals surface area (Å²) in [6, 6.07) is 22.4. The van der Waals surface area contributed by atoms with Gasteiger partial charge in [-0.1, -0.05) is 53.8 Å². The summed E-state index contributed by atoms with van der Waals surface area (Å²) in [6.45, 7) is 0. The number of nitrogens with zero attached hydrogens (tertiary/aromatic N) is 1. The average molecular weight is 492 g/mol. The van der Waals surface area contributed by atoms with Crippen LogP contribution < -0.4 is 14.0 Å². The topological polar surface area (TPSA) is 93.9 Å². The van der Waals surface area contributed by atoms with E-state index in [0.29, 0.717) is 26.8 Å². The van der Waals surface area contributed by atoms with Crippen molar-refractivity contribution < 1.29 is 22.4 Å². The second-order valence-electron chi connectivity index (χ2n) is 7.34. The number of carbonyl (C=O) groups excluding carboxylic acids is 1. The first-order valence-electron chi connectivity index (χ1n) is 10.1. The van der Waals surface area contributed by atoms with Gasteiger partial charge in [-0.15, -0.1) is 0 Å². The summed E-state index contributed by atoms with van der Waals surface area (Å²) in [7, 11) is -2.88. The van der Waals surface area contributed by atoms with Crippen LogP contribution in [-0.2, 0) is 10.0 Å². The molecule has 0 fully saturated rings. The first-order valence-corrected chi connectivity index (χ1v) is 12.4. The molecule has 4 aromatic carbocycles. The Bertz CT molecular complexity index is 1690. The highest BCUT2D eigenvalue weighted by Gasteiger charge is 2.34. The molecule has 34 heavy (non-hydrogen) atoms. The van der Waals surface area contributed by atoms with Crippen molar-refractivity contribution in [3.63, 3.8) is 0 Å². The Kier molecular flexibility index (Phi) is 5.43. The lowest BCUT2D eigenvalue weighted by Gasteiger charge is -2.24. The molecule has 0 spiro atoms. The molecule has 0 atom stereocenters. The number of amides is 1. The Balaban J connectivity index is 1.82. The number of sulfonamides is 1. The summed E-state index contributed by atoms with van der Waals surface area (Å²) >= 11 is 0.846. The van der Waals surface area contributed by atoms with E-state index in [0.717, 1.165) is 15.6 Å². The van der Waals surface area contributed by atoms with Crippen molar-refractivity contribution in [1.82, 2.24) is 0 Å². The fourth-order valence-electron chi connectivity index (χ4n) is 3.75. The molecular formula is C25H17NO6S2. The quantitative estimate of drug-likeness (QED) is 0.341. The lowest BCUT2D eigenvalue weighted by Crippen LogP contribution is -2.37. The van der Waals surface area contributed by atoms with E-state index < -0.39 is 20.9 Å². The van der Waals surface area contributed by atoms with E-state index >= 15 is 0 Å². The Morgan fingerprint density at radius 2 is 1.56 bits per heavy atom. The van der Waals surface area contributed by atoms with Gasteiger partial charge < -0.3 is 9.15 Å². The zero-order valence-electron chi connectivity index (χ0n) is 17.8. The van der Waals surface area contributed by atoms with Crippen LogP contribution in [0.3, 0.4) is 0 Å². The Hall–Kier alpha value is -3.95. The predicted octanol–water partition coefficient (Wildman–Crippen LogP) is 5.05. The maximum Gasteiger partial charge on any atom is 0.396 e. The second kappa shape index (κ2) is 8.44. The van der Waals surface area contributed by atoms with Crippen LogP contribution in [0, 0.1) is 0 Å². The summed E-state index contributed by atoms with van der Waals surface area (Å²) in [5.74, 6) is -0.244. The summed E-state index contributed by atoms with van der Waals surface area (Å²) < 4.78 is 39.5. The van der Waals surface area contributed by atoms with E-state index in [1.165, 1.54) is 37.4 Å². The van der Waals surface area contributed by atoms with Crippen molar-refractivity contribution in [1.29, 1.82) is 0 Å². The standard InChI is InChI=1S/C25H17NO6S2/c1-31-17-11-13-18(14-12-17)34(29,30)26(24(27)16-7-3-2-4-8-16)21-15-22-23(32-25(28)33-22)20-10-6-5-9-19(20)21/h2-15H,1H3. The van der Waals surface area contributed by atoms with Crippen LogP contribution in [0.25, 0.3) is 21.1 Å². The molecule has 7 nitrogen and oxygen atoms in total. The Labute approximate surface area is 198 Å². The van der Waals surface area contributed by atoms with Crippen molar-refractivity contribution in [3.8, 4) is 5.75 Å². The van der Waals surface area contributed by atoms with E-state index in [2.05, 4.69) is 0 Å². The molecule has 0 aliphatic heterocycles. The monoisotopic (exact) mass is 491 g/mol. The highest BCUT2D eigenvalue weighted by Crippen LogP contribution is 2.38. The fourth-order valence-corrected chi connectivity index (χ4v) is 5.89. The van der Waals surface area contributed by atoms with Gasteiger partial charge in [0.05, 0.1) is 22.4 Å². The SMILES string of the molecule is COc1ccc(S(=O)(=O)N(C(=O)c2ccccc2)c2cc3sc(=O)oc3c3ccccc23)cc1. The number of hydrogen-bond donors (Lipinski definition) is 0. The van der Waals surface area contributed by atoms with Gasteiger partial charge in [-0.25, -0.2) is 13.2 Å². The smallest absolute Gasteiger partial charge is 0.396 e. The highest BCUT2D eigenvalue weighted by molar-refractivity contribution is 7.93. The normalized spacial score (nSPS) is 11.6. The molecule has 1 aromatic heterocycles. The molecule has 5 aromatic rings. The van der Waals surface area contributed by atoms with Gasteiger partial charge in [-0.2, -0.15) is 4.31 Å². The van der Waals surface area contributed by atoms with Crippen LogP contribution in [-0.4, -0.2) is 21.4 Å². The number of benzene rings is 4. The van der Waals surface area contributed by atoms with Crippen LogP contribution in [0.5, 0.6) is 5.75 Å². The molecule has 0 radical (unpaired) electrons. The molecular weight excluding hydrogens is 474 g/mol. The van der Waals surface area contributed by atoms with E-state index in [1.807, 2.05) is 0 Å². The van der Waals surface area contributed by atoms with Gasteiger partial charge in [0.25, 0.3) is 15.9 Å². The number of hydrogen-bond acceptors (Lipinski definition) is 7. The van der Waals surface area contributed by atoms with Gasteiger partial charge in [0.1, 0.15) is 5.75 Å². The zero-order valence-corrected chi connectivity index (χ0v) is 19.4. The van der Waals surface area contributed by atoms with Crippen molar-refractivity contribution in [2.75, 3.05) is 11.4 Å². The maximum absolute atomic E-state index is 13.9. The number of carbonyl (C=O) groups is 1. The average Bonchev–Trinajstić information content (AvgIpc) is 3.25. The Morgan fingerprint density at radius 3 is 2.24 bits per heavy atom. The summed E-state index contributed by atoms with van der Waals surface area (Å²) in [5.41, 5.74) is 0.678. The number of ether oxygens (including phenoxy) is 1. The number of anilines is 1. The number of rotatable bonds is 5. The molecule has 0 aliphatic carbocycles. The van der Waals surface area contributed by atoms with Crippen molar-refractivity contribution >= 4 is 54.0 Å². The Morgan fingerprint density at radius 1 is 0.912 bits per heavy atom. The molecule has 0 aliphatic rings. The predicted molar refractivity (Wildman–Crippen MR) is 131 cm³/mol. The van der Waals surface area contributed by atoms with Gasteiger partial charge in [-0.05, 0) is 42.5 Å². The number of fused-ring (bicyclic) bond motifs is 3.